The molecule has 74 valence electrons. The predicted octanol–water partition coefficient (Wildman–Crippen LogP) is 1.73. The van der Waals surface area contributed by atoms with Crippen molar-refractivity contribution in [1.29, 1.82) is 0 Å². The quantitative estimate of drug-likeness (QED) is 0.439. The Morgan fingerprint density at radius 1 is 1.29 bits per heavy atom. The average Bonchev–Trinajstić information content (AvgIpc) is 2.19. The summed E-state index contributed by atoms with van der Waals surface area (Å²) in [6.07, 6.45) is 1.97. The second-order valence-corrected chi connectivity index (χ2v) is 2.86. The molecule has 14 heavy (non-hydrogen) atoms. The first kappa shape index (κ1) is 13.9. The summed E-state index contributed by atoms with van der Waals surface area (Å²) >= 11 is 0. The van der Waals surface area contributed by atoms with E-state index in [1.807, 2.05) is 18.2 Å². The molecule has 0 aromatic heterocycles. The Kier molecular flexibility index (Phi) is 8.24. The SMILES string of the molecule is CCCCOC(=O)c1ccccc1.[CaH2]. The third-order valence-corrected chi connectivity index (χ3v) is 1.74. The van der Waals surface area contributed by atoms with Crippen molar-refractivity contribution in [3.05, 3.63) is 35.9 Å². The van der Waals surface area contributed by atoms with Gasteiger partial charge in [0, 0.05) is 0 Å². The molecule has 0 N–H and O–H groups in total. The topological polar surface area (TPSA) is 26.3 Å². The number of rotatable bonds is 4. The monoisotopic (exact) mass is 220 g/mol. The third kappa shape index (κ3) is 4.99. The molecule has 2 nitrogen and oxygen atoms in total. The van der Waals surface area contributed by atoms with Crippen LogP contribution in [0, 0.1) is 0 Å². The second-order valence-electron chi connectivity index (χ2n) is 2.86. The van der Waals surface area contributed by atoms with Crippen molar-refractivity contribution < 1.29 is 9.53 Å². The number of carbonyl (C=O) groups excluding carboxylic acids is 1. The number of hydrogen-bond acceptors (Lipinski definition) is 2. The van der Waals surface area contributed by atoms with E-state index in [4.69, 9.17) is 4.74 Å². The average molecular weight is 220 g/mol. The fraction of sp³-hybridized carbons (Fsp3) is 0.364. The third-order valence-electron chi connectivity index (χ3n) is 1.74. The van der Waals surface area contributed by atoms with Crippen LogP contribution in [0.4, 0.5) is 0 Å². The minimum atomic E-state index is -0.228. The molecule has 0 aliphatic carbocycles. The molecule has 0 unspecified atom stereocenters. The van der Waals surface area contributed by atoms with Crippen molar-refractivity contribution in [3.8, 4) is 0 Å². The molecule has 0 fully saturated rings. The summed E-state index contributed by atoms with van der Waals surface area (Å²) < 4.78 is 5.03. The first-order valence-corrected chi connectivity index (χ1v) is 4.56. The Labute approximate surface area is 115 Å². The van der Waals surface area contributed by atoms with Crippen LogP contribution >= 0.6 is 0 Å². The van der Waals surface area contributed by atoms with Crippen molar-refractivity contribution in [2.24, 2.45) is 0 Å². The van der Waals surface area contributed by atoms with Gasteiger partial charge in [0.05, 0.1) is 12.2 Å². The van der Waals surface area contributed by atoms with Crippen molar-refractivity contribution in [3.63, 3.8) is 0 Å². The van der Waals surface area contributed by atoms with Crippen LogP contribution in [0.1, 0.15) is 30.1 Å². The molecule has 1 aromatic carbocycles. The predicted molar refractivity (Wildman–Crippen MR) is 60.2 cm³/mol. The van der Waals surface area contributed by atoms with Gasteiger partial charge in [-0.25, -0.2) is 4.79 Å². The molecule has 0 bridgehead atoms. The molecule has 1 rings (SSSR count). The Balaban J connectivity index is 0.00000169. The maximum atomic E-state index is 11.3. The van der Waals surface area contributed by atoms with Crippen LogP contribution in [-0.4, -0.2) is 50.3 Å². The molecule has 0 amide bonds. The molecule has 0 spiro atoms. The normalized spacial score (nSPS) is 8.93. The molecule has 0 atom stereocenters. The summed E-state index contributed by atoms with van der Waals surface area (Å²) in [6.45, 7) is 2.58. The number of ether oxygens (including phenoxy) is 1. The van der Waals surface area contributed by atoms with Gasteiger partial charge in [-0.3, -0.25) is 0 Å². The summed E-state index contributed by atoms with van der Waals surface area (Å²) in [4.78, 5) is 11.3. The van der Waals surface area contributed by atoms with E-state index in [9.17, 15) is 4.79 Å². The fourth-order valence-electron chi connectivity index (χ4n) is 0.967. The zero-order chi connectivity index (χ0) is 9.52. The van der Waals surface area contributed by atoms with E-state index in [-0.39, 0.29) is 43.7 Å². The molecule has 0 saturated carbocycles. The standard InChI is InChI=1S/C11H14O2.Ca.2H/c1-2-3-9-13-11(12)10-7-5-4-6-8-10;;;/h4-8H,2-3,9H2,1H3;;;. The maximum absolute atomic E-state index is 11.3. The van der Waals surface area contributed by atoms with E-state index in [1.165, 1.54) is 0 Å². The summed E-state index contributed by atoms with van der Waals surface area (Å²) in [7, 11) is 0. The van der Waals surface area contributed by atoms with Crippen LogP contribution in [0.15, 0.2) is 30.3 Å². The molecule has 0 heterocycles. The van der Waals surface area contributed by atoms with Gasteiger partial charge in [0.2, 0.25) is 0 Å². The fourth-order valence-corrected chi connectivity index (χ4v) is 0.967. The van der Waals surface area contributed by atoms with Gasteiger partial charge in [-0.1, -0.05) is 31.5 Å². The summed E-state index contributed by atoms with van der Waals surface area (Å²) in [5.74, 6) is -0.228. The molecular formula is C11H16CaO2. The molecule has 0 aliphatic heterocycles. The van der Waals surface area contributed by atoms with Crippen molar-refractivity contribution >= 4 is 43.7 Å². The minimum absolute atomic E-state index is 0. The summed E-state index contributed by atoms with van der Waals surface area (Å²) in [5, 5.41) is 0. The van der Waals surface area contributed by atoms with E-state index in [0.717, 1.165) is 12.8 Å². The molecule has 0 aliphatic rings. The van der Waals surface area contributed by atoms with Crippen LogP contribution in [-0.2, 0) is 4.74 Å². The van der Waals surface area contributed by atoms with Crippen LogP contribution in [0.3, 0.4) is 0 Å². The molecule has 1 aromatic rings. The van der Waals surface area contributed by atoms with Crippen LogP contribution in [0.5, 0.6) is 0 Å². The van der Waals surface area contributed by atoms with Gasteiger partial charge in [-0.15, -0.1) is 0 Å². The van der Waals surface area contributed by atoms with E-state index >= 15 is 0 Å². The van der Waals surface area contributed by atoms with Gasteiger partial charge in [-0.05, 0) is 18.6 Å². The van der Waals surface area contributed by atoms with Gasteiger partial charge >= 0.3 is 43.7 Å². The Morgan fingerprint density at radius 3 is 2.50 bits per heavy atom. The van der Waals surface area contributed by atoms with Crippen molar-refractivity contribution in [2.45, 2.75) is 19.8 Å². The van der Waals surface area contributed by atoms with Gasteiger partial charge < -0.3 is 4.74 Å². The Morgan fingerprint density at radius 2 is 1.93 bits per heavy atom. The first-order chi connectivity index (χ1) is 6.34. The van der Waals surface area contributed by atoms with E-state index in [0.29, 0.717) is 12.2 Å². The van der Waals surface area contributed by atoms with Gasteiger partial charge in [0.25, 0.3) is 0 Å². The number of hydrogen-bond donors (Lipinski definition) is 0. The number of benzene rings is 1. The van der Waals surface area contributed by atoms with E-state index < -0.39 is 0 Å². The molecule has 0 saturated heterocycles. The zero-order valence-electron chi connectivity index (χ0n) is 7.82. The van der Waals surface area contributed by atoms with Crippen molar-refractivity contribution in [2.75, 3.05) is 6.61 Å². The van der Waals surface area contributed by atoms with Gasteiger partial charge in [0.1, 0.15) is 0 Å². The number of carbonyl (C=O) groups is 1. The number of esters is 1. The van der Waals surface area contributed by atoms with Crippen LogP contribution in [0.2, 0.25) is 0 Å². The van der Waals surface area contributed by atoms with E-state index in [1.54, 1.807) is 12.1 Å². The van der Waals surface area contributed by atoms with Crippen LogP contribution in [0.25, 0.3) is 0 Å². The summed E-state index contributed by atoms with van der Waals surface area (Å²) in [6, 6.07) is 9.05. The number of unbranched alkanes of at least 4 members (excludes halogenated alkanes) is 1. The zero-order valence-corrected chi connectivity index (χ0v) is 7.82. The van der Waals surface area contributed by atoms with Gasteiger partial charge in [-0.2, -0.15) is 0 Å². The molecule has 0 radical (unpaired) electrons. The Hall–Kier alpha value is -0.0503. The first-order valence-electron chi connectivity index (χ1n) is 4.56. The molecule has 3 heteroatoms. The summed E-state index contributed by atoms with van der Waals surface area (Å²) in [5.41, 5.74) is 0.624. The van der Waals surface area contributed by atoms with Gasteiger partial charge in [0.15, 0.2) is 0 Å². The Bertz CT molecular complexity index is 259. The van der Waals surface area contributed by atoms with E-state index in [2.05, 4.69) is 6.92 Å². The molecular weight excluding hydrogens is 204 g/mol. The van der Waals surface area contributed by atoms with Crippen molar-refractivity contribution in [1.82, 2.24) is 0 Å². The van der Waals surface area contributed by atoms with Crippen LogP contribution < -0.4 is 0 Å². The second kappa shape index (κ2) is 8.27.